The molecule has 6 nitrogen and oxygen atoms in total. The molecule has 96 valence electrons. The average Bonchev–Trinajstić information content (AvgIpc) is 2.70. The lowest BCUT2D eigenvalue weighted by molar-refractivity contribution is 0.0957. The molecule has 0 atom stereocenters. The van der Waals surface area contributed by atoms with E-state index in [1.165, 1.54) is 6.26 Å². The molecule has 1 heterocycles. The van der Waals surface area contributed by atoms with E-state index in [0.29, 0.717) is 16.5 Å². The van der Waals surface area contributed by atoms with Crippen molar-refractivity contribution < 1.29 is 17.6 Å². The summed E-state index contributed by atoms with van der Waals surface area (Å²) in [6.45, 7) is -0.0306. The van der Waals surface area contributed by atoms with E-state index >= 15 is 0 Å². The van der Waals surface area contributed by atoms with E-state index in [9.17, 15) is 13.2 Å². The summed E-state index contributed by atoms with van der Waals surface area (Å²) in [5.74, 6) is -0.683. The monoisotopic (exact) mass is 268 g/mol. The van der Waals surface area contributed by atoms with Crippen molar-refractivity contribution in [2.24, 2.45) is 5.14 Å². The van der Waals surface area contributed by atoms with E-state index in [1.54, 1.807) is 24.3 Å². The highest BCUT2D eigenvalue weighted by molar-refractivity contribution is 7.89. The molecule has 0 fully saturated rings. The van der Waals surface area contributed by atoms with E-state index in [2.05, 4.69) is 5.32 Å². The van der Waals surface area contributed by atoms with Gasteiger partial charge in [-0.1, -0.05) is 18.2 Å². The molecule has 0 saturated carbocycles. The summed E-state index contributed by atoms with van der Waals surface area (Å²) in [6.07, 6.45) is 1.34. The number of nitrogens with one attached hydrogen (secondary N) is 1. The molecule has 1 aromatic carbocycles. The van der Waals surface area contributed by atoms with Crippen LogP contribution in [0.2, 0.25) is 0 Å². The van der Waals surface area contributed by atoms with Gasteiger partial charge in [-0.15, -0.1) is 0 Å². The molecule has 1 amide bonds. The zero-order chi connectivity index (χ0) is 13.2. The number of rotatable bonds is 4. The van der Waals surface area contributed by atoms with Gasteiger partial charge in [0.15, 0.2) is 0 Å². The summed E-state index contributed by atoms with van der Waals surface area (Å²) in [7, 11) is -3.57. The third-order valence-electron chi connectivity index (χ3n) is 2.40. The van der Waals surface area contributed by atoms with Gasteiger partial charge in [0.1, 0.15) is 11.8 Å². The van der Waals surface area contributed by atoms with Crippen molar-refractivity contribution in [2.75, 3.05) is 12.3 Å². The third kappa shape index (κ3) is 2.88. The second-order valence-electron chi connectivity index (χ2n) is 3.77. The predicted octanol–water partition coefficient (Wildman–Crippen LogP) is 0.451. The molecule has 7 heteroatoms. The van der Waals surface area contributed by atoms with Crippen molar-refractivity contribution in [1.29, 1.82) is 0 Å². The predicted molar refractivity (Wildman–Crippen MR) is 66.5 cm³/mol. The fraction of sp³-hybridized carbons (Fsp3) is 0.182. The van der Waals surface area contributed by atoms with Crippen LogP contribution >= 0.6 is 0 Å². The van der Waals surface area contributed by atoms with Gasteiger partial charge in [0.05, 0.1) is 11.3 Å². The zero-order valence-electron chi connectivity index (χ0n) is 9.42. The number of benzene rings is 1. The van der Waals surface area contributed by atoms with Crippen LogP contribution in [0, 0.1) is 0 Å². The van der Waals surface area contributed by atoms with Crippen molar-refractivity contribution in [3.05, 3.63) is 36.1 Å². The number of para-hydroxylation sites is 1. The maximum atomic E-state index is 11.8. The molecule has 0 unspecified atom stereocenters. The number of amides is 1. The second kappa shape index (κ2) is 4.79. The van der Waals surface area contributed by atoms with Crippen molar-refractivity contribution in [2.45, 2.75) is 0 Å². The Morgan fingerprint density at radius 2 is 2.06 bits per heavy atom. The topological polar surface area (TPSA) is 102 Å². The van der Waals surface area contributed by atoms with Gasteiger partial charge in [0, 0.05) is 11.9 Å². The molecule has 18 heavy (non-hydrogen) atoms. The number of primary sulfonamides is 1. The third-order valence-corrected chi connectivity index (χ3v) is 3.17. The van der Waals surface area contributed by atoms with Gasteiger partial charge in [-0.3, -0.25) is 4.79 Å². The number of nitrogens with two attached hydrogens (primary N) is 1. The van der Waals surface area contributed by atoms with Gasteiger partial charge in [0.2, 0.25) is 10.0 Å². The number of furan rings is 1. The minimum absolute atomic E-state index is 0.0306. The maximum Gasteiger partial charge on any atom is 0.255 e. The lowest BCUT2D eigenvalue weighted by Crippen LogP contribution is -2.31. The quantitative estimate of drug-likeness (QED) is 0.840. The Morgan fingerprint density at radius 3 is 2.78 bits per heavy atom. The molecule has 0 spiro atoms. The number of fused-ring (bicyclic) bond motifs is 1. The van der Waals surface area contributed by atoms with Crippen LogP contribution in [0.25, 0.3) is 11.0 Å². The Morgan fingerprint density at radius 1 is 1.33 bits per heavy atom. The Labute approximate surface area is 104 Å². The Hall–Kier alpha value is -1.86. The number of sulfonamides is 1. The smallest absolute Gasteiger partial charge is 0.255 e. The Balaban J connectivity index is 2.10. The molecule has 3 N–H and O–H groups in total. The largest absolute Gasteiger partial charge is 0.463 e. The van der Waals surface area contributed by atoms with Gasteiger partial charge in [-0.25, -0.2) is 13.6 Å². The van der Waals surface area contributed by atoms with Crippen LogP contribution in [0.15, 0.2) is 34.9 Å². The molecule has 0 aliphatic heterocycles. The van der Waals surface area contributed by atoms with Gasteiger partial charge >= 0.3 is 0 Å². The van der Waals surface area contributed by atoms with E-state index < -0.39 is 10.0 Å². The molecule has 0 aliphatic rings. The first-order valence-corrected chi connectivity index (χ1v) is 6.94. The SMILES string of the molecule is NS(=O)(=O)CCNC(=O)c1coc2ccccc12. The van der Waals surface area contributed by atoms with Crippen LogP contribution in [-0.2, 0) is 10.0 Å². The van der Waals surface area contributed by atoms with Crippen LogP contribution in [0.5, 0.6) is 0 Å². The van der Waals surface area contributed by atoms with E-state index in [0.717, 1.165) is 0 Å². The average molecular weight is 268 g/mol. The van der Waals surface area contributed by atoms with Gasteiger partial charge in [-0.2, -0.15) is 0 Å². The van der Waals surface area contributed by atoms with Crippen molar-refractivity contribution in [3.8, 4) is 0 Å². The summed E-state index contributed by atoms with van der Waals surface area (Å²) < 4.78 is 26.7. The minimum atomic E-state index is -3.57. The molecule has 2 rings (SSSR count). The van der Waals surface area contributed by atoms with E-state index in [1.807, 2.05) is 0 Å². The highest BCUT2D eigenvalue weighted by atomic mass is 32.2. The molecule has 0 radical (unpaired) electrons. The normalized spacial score (nSPS) is 11.6. The molecule has 0 bridgehead atoms. The van der Waals surface area contributed by atoms with Crippen LogP contribution in [0.3, 0.4) is 0 Å². The van der Waals surface area contributed by atoms with Gasteiger partial charge in [-0.05, 0) is 6.07 Å². The molecular weight excluding hydrogens is 256 g/mol. The van der Waals surface area contributed by atoms with Crippen LogP contribution < -0.4 is 10.5 Å². The lowest BCUT2D eigenvalue weighted by Gasteiger charge is -2.02. The van der Waals surface area contributed by atoms with Crippen molar-refractivity contribution in [1.82, 2.24) is 5.32 Å². The van der Waals surface area contributed by atoms with Crippen LogP contribution in [0.4, 0.5) is 0 Å². The maximum absolute atomic E-state index is 11.8. The van der Waals surface area contributed by atoms with Crippen LogP contribution in [0.1, 0.15) is 10.4 Å². The summed E-state index contributed by atoms with van der Waals surface area (Å²) in [4.78, 5) is 11.8. The van der Waals surface area contributed by atoms with Crippen LogP contribution in [-0.4, -0.2) is 26.6 Å². The summed E-state index contributed by atoms with van der Waals surface area (Å²) in [5, 5.41) is 7.99. The fourth-order valence-electron chi connectivity index (χ4n) is 1.56. The summed E-state index contributed by atoms with van der Waals surface area (Å²) in [6, 6.07) is 7.09. The molecule has 0 aliphatic carbocycles. The minimum Gasteiger partial charge on any atom is -0.463 e. The summed E-state index contributed by atoms with van der Waals surface area (Å²) >= 11 is 0. The zero-order valence-corrected chi connectivity index (χ0v) is 10.2. The first kappa shape index (κ1) is 12.6. The van der Waals surface area contributed by atoms with Crippen molar-refractivity contribution in [3.63, 3.8) is 0 Å². The number of carbonyl (C=O) groups excluding carboxylic acids is 1. The van der Waals surface area contributed by atoms with Crippen molar-refractivity contribution >= 4 is 26.9 Å². The highest BCUT2D eigenvalue weighted by Gasteiger charge is 2.13. The molecule has 2 aromatic rings. The summed E-state index contributed by atoms with van der Waals surface area (Å²) in [5.41, 5.74) is 0.981. The van der Waals surface area contributed by atoms with E-state index in [4.69, 9.17) is 9.56 Å². The molecular formula is C11H12N2O4S. The van der Waals surface area contributed by atoms with E-state index in [-0.39, 0.29) is 18.2 Å². The fourth-order valence-corrected chi connectivity index (χ4v) is 1.94. The first-order chi connectivity index (χ1) is 8.47. The highest BCUT2D eigenvalue weighted by Crippen LogP contribution is 2.20. The van der Waals surface area contributed by atoms with Gasteiger partial charge < -0.3 is 9.73 Å². The van der Waals surface area contributed by atoms with Gasteiger partial charge in [0.25, 0.3) is 5.91 Å². The first-order valence-electron chi connectivity index (χ1n) is 5.22. The number of hydrogen-bond donors (Lipinski definition) is 2. The standard InChI is InChI=1S/C11H12N2O4S/c12-18(15,16)6-5-13-11(14)9-7-17-10-4-2-1-3-8(9)10/h1-4,7H,5-6H2,(H,13,14)(H2,12,15,16). The Bertz CT molecular complexity index is 675. The molecule has 1 aromatic heterocycles. The number of hydrogen-bond acceptors (Lipinski definition) is 4. The Kier molecular flexibility index (Phi) is 3.35. The second-order valence-corrected chi connectivity index (χ2v) is 5.50. The molecule has 0 saturated heterocycles. The lowest BCUT2D eigenvalue weighted by atomic mass is 10.1. The number of carbonyl (C=O) groups is 1.